The van der Waals surface area contributed by atoms with Gasteiger partial charge < -0.3 is 19.5 Å². The van der Waals surface area contributed by atoms with Crippen molar-refractivity contribution >= 4 is 23.5 Å². The van der Waals surface area contributed by atoms with Crippen LogP contribution in [0.2, 0.25) is 5.02 Å². The van der Waals surface area contributed by atoms with Gasteiger partial charge in [0.05, 0.1) is 31.3 Å². The quantitative estimate of drug-likeness (QED) is 0.839. The van der Waals surface area contributed by atoms with Crippen LogP contribution >= 0.6 is 11.6 Å². The summed E-state index contributed by atoms with van der Waals surface area (Å²) in [6.45, 7) is 5.45. The summed E-state index contributed by atoms with van der Waals surface area (Å²) >= 11 is 6.13. The summed E-state index contributed by atoms with van der Waals surface area (Å²) in [5.41, 5.74) is 0.341. The standard InChI is InChI=1S/C16H21ClN2O5/c1-10(2)9-24-15-13(17)5-11(7-18-15)16(22)19-3-4-23-12(8-19)6-14(20)21/h5,7,10,12H,3-4,6,8-9H2,1-2H3,(H,20,21). The van der Waals surface area contributed by atoms with E-state index in [-0.39, 0.29) is 23.9 Å². The van der Waals surface area contributed by atoms with Gasteiger partial charge in [-0.1, -0.05) is 25.4 Å². The topological polar surface area (TPSA) is 89.0 Å². The predicted molar refractivity (Wildman–Crippen MR) is 87.5 cm³/mol. The molecule has 1 atom stereocenters. The van der Waals surface area contributed by atoms with E-state index in [0.29, 0.717) is 37.1 Å². The fourth-order valence-corrected chi connectivity index (χ4v) is 2.52. The Bertz CT molecular complexity index is 608. The van der Waals surface area contributed by atoms with E-state index in [2.05, 4.69) is 4.98 Å². The smallest absolute Gasteiger partial charge is 0.306 e. The highest BCUT2D eigenvalue weighted by Crippen LogP contribution is 2.24. The lowest BCUT2D eigenvalue weighted by atomic mass is 10.1. The second kappa shape index (κ2) is 8.30. The average molecular weight is 357 g/mol. The molecule has 1 fully saturated rings. The molecular weight excluding hydrogens is 336 g/mol. The van der Waals surface area contributed by atoms with Crippen LogP contribution in [0.5, 0.6) is 5.88 Å². The van der Waals surface area contributed by atoms with E-state index in [1.165, 1.54) is 12.3 Å². The zero-order chi connectivity index (χ0) is 17.7. The SMILES string of the molecule is CC(C)COc1ncc(C(=O)N2CCOC(CC(=O)O)C2)cc1Cl. The van der Waals surface area contributed by atoms with Gasteiger partial charge in [-0.2, -0.15) is 0 Å². The Morgan fingerprint density at radius 1 is 1.54 bits per heavy atom. The lowest BCUT2D eigenvalue weighted by Crippen LogP contribution is -2.46. The molecule has 1 aromatic heterocycles. The molecule has 7 nitrogen and oxygen atoms in total. The van der Waals surface area contributed by atoms with Gasteiger partial charge in [-0.05, 0) is 12.0 Å². The second-order valence-electron chi connectivity index (χ2n) is 6.06. The number of carbonyl (C=O) groups is 2. The molecule has 24 heavy (non-hydrogen) atoms. The van der Waals surface area contributed by atoms with Gasteiger partial charge in [0.2, 0.25) is 5.88 Å². The maximum absolute atomic E-state index is 12.5. The molecule has 1 saturated heterocycles. The van der Waals surface area contributed by atoms with Crippen LogP contribution in [0.4, 0.5) is 0 Å². The lowest BCUT2D eigenvalue weighted by Gasteiger charge is -2.32. The molecule has 1 aliphatic rings. The third-order valence-electron chi connectivity index (χ3n) is 3.44. The van der Waals surface area contributed by atoms with E-state index in [9.17, 15) is 9.59 Å². The van der Waals surface area contributed by atoms with E-state index < -0.39 is 12.1 Å². The van der Waals surface area contributed by atoms with Crippen molar-refractivity contribution in [2.75, 3.05) is 26.3 Å². The Morgan fingerprint density at radius 3 is 2.92 bits per heavy atom. The van der Waals surface area contributed by atoms with E-state index in [1.807, 2.05) is 13.8 Å². The Kier molecular flexibility index (Phi) is 6.39. The number of carboxylic acids is 1. The molecule has 0 spiro atoms. The van der Waals surface area contributed by atoms with E-state index in [1.54, 1.807) is 4.90 Å². The summed E-state index contributed by atoms with van der Waals surface area (Å²) in [5, 5.41) is 9.11. The first kappa shape index (κ1) is 18.5. The molecule has 1 aromatic rings. The van der Waals surface area contributed by atoms with Crippen molar-refractivity contribution in [1.82, 2.24) is 9.88 Å². The number of nitrogens with zero attached hydrogens (tertiary/aromatic N) is 2. The minimum absolute atomic E-state index is 0.134. The number of hydrogen-bond acceptors (Lipinski definition) is 5. The number of amides is 1. The van der Waals surface area contributed by atoms with Gasteiger partial charge in [0.1, 0.15) is 5.02 Å². The van der Waals surface area contributed by atoms with Crippen LogP contribution in [0.3, 0.4) is 0 Å². The minimum atomic E-state index is -0.953. The maximum atomic E-state index is 12.5. The number of carboxylic acid groups (broad SMARTS) is 1. The first-order chi connectivity index (χ1) is 11.4. The van der Waals surface area contributed by atoms with Crippen LogP contribution in [-0.4, -0.2) is 59.3 Å². The molecule has 132 valence electrons. The molecule has 2 heterocycles. The summed E-state index contributed by atoms with van der Waals surface area (Å²) in [6.07, 6.45) is 0.785. The number of pyridine rings is 1. The van der Waals surface area contributed by atoms with Gasteiger partial charge in [0, 0.05) is 19.3 Å². The van der Waals surface area contributed by atoms with Crippen LogP contribution in [0, 0.1) is 5.92 Å². The molecule has 0 aromatic carbocycles. The summed E-state index contributed by atoms with van der Waals surface area (Å²) < 4.78 is 10.9. The number of halogens is 1. The van der Waals surface area contributed by atoms with Crippen molar-refractivity contribution in [3.63, 3.8) is 0 Å². The van der Waals surface area contributed by atoms with Gasteiger partial charge >= 0.3 is 5.97 Å². The fraction of sp³-hybridized carbons (Fsp3) is 0.562. The van der Waals surface area contributed by atoms with Crippen molar-refractivity contribution in [1.29, 1.82) is 0 Å². The van der Waals surface area contributed by atoms with Crippen molar-refractivity contribution in [3.05, 3.63) is 22.8 Å². The molecule has 0 saturated carbocycles. The molecule has 1 aliphatic heterocycles. The number of aromatic nitrogens is 1. The Hall–Kier alpha value is -1.86. The zero-order valence-corrected chi connectivity index (χ0v) is 14.5. The lowest BCUT2D eigenvalue weighted by molar-refractivity contribution is -0.141. The Labute approximate surface area is 145 Å². The van der Waals surface area contributed by atoms with Crippen molar-refractivity contribution in [2.24, 2.45) is 5.92 Å². The van der Waals surface area contributed by atoms with Crippen molar-refractivity contribution in [2.45, 2.75) is 26.4 Å². The summed E-state index contributed by atoms with van der Waals surface area (Å²) in [7, 11) is 0. The number of rotatable bonds is 6. The van der Waals surface area contributed by atoms with E-state index >= 15 is 0 Å². The number of carbonyl (C=O) groups excluding carboxylic acids is 1. The van der Waals surface area contributed by atoms with Gasteiger partial charge in [-0.25, -0.2) is 4.98 Å². The first-order valence-electron chi connectivity index (χ1n) is 7.77. The van der Waals surface area contributed by atoms with Crippen molar-refractivity contribution in [3.8, 4) is 5.88 Å². The van der Waals surface area contributed by atoms with E-state index in [0.717, 1.165) is 0 Å². The van der Waals surface area contributed by atoms with Gasteiger partial charge in [0.25, 0.3) is 5.91 Å². The Morgan fingerprint density at radius 2 is 2.29 bits per heavy atom. The summed E-state index contributed by atoms with van der Waals surface area (Å²) in [5.74, 6) is -0.569. The van der Waals surface area contributed by atoms with Crippen LogP contribution in [-0.2, 0) is 9.53 Å². The highest BCUT2D eigenvalue weighted by atomic mass is 35.5. The van der Waals surface area contributed by atoms with E-state index in [4.69, 9.17) is 26.2 Å². The minimum Gasteiger partial charge on any atom is -0.481 e. The molecule has 0 bridgehead atoms. The van der Waals surface area contributed by atoms with Crippen LogP contribution in [0.25, 0.3) is 0 Å². The highest BCUT2D eigenvalue weighted by molar-refractivity contribution is 6.32. The third-order valence-corrected chi connectivity index (χ3v) is 3.71. The molecular formula is C16H21ClN2O5. The number of aliphatic carboxylic acids is 1. The molecule has 1 unspecified atom stereocenters. The largest absolute Gasteiger partial charge is 0.481 e. The van der Waals surface area contributed by atoms with Gasteiger partial charge in [0.15, 0.2) is 0 Å². The third kappa shape index (κ3) is 5.07. The predicted octanol–water partition coefficient (Wildman–Crippen LogP) is 2.09. The van der Waals surface area contributed by atoms with Gasteiger partial charge in [-0.15, -0.1) is 0 Å². The highest BCUT2D eigenvalue weighted by Gasteiger charge is 2.27. The zero-order valence-electron chi connectivity index (χ0n) is 13.7. The molecule has 0 aliphatic carbocycles. The van der Waals surface area contributed by atoms with Crippen LogP contribution in [0.15, 0.2) is 12.3 Å². The van der Waals surface area contributed by atoms with Gasteiger partial charge in [-0.3, -0.25) is 9.59 Å². The van der Waals surface area contributed by atoms with Crippen molar-refractivity contribution < 1.29 is 24.2 Å². The molecule has 2 rings (SSSR count). The number of hydrogen-bond donors (Lipinski definition) is 1. The average Bonchev–Trinajstić information content (AvgIpc) is 2.52. The number of ether oxygens (including phenoxy) is 2. The molecule has 1 N–H and O–H groups in total. The fourth-order valence-electron chi connectivity index (χ4n) is 2.30. The normalized spacial score (nSPS) is 17.8. The summed E-state index contributed by atoms with van der Waals surface area (Å²) in [4.78, 5) is 29.0. The second-order valence-corrected chi connectivity index (χ2v) is 6.46. The molecule has 8 heteroatoms. The number of morpholine rings is 1. The molecule has 0 radical (unpaired) electrons. The maximum Gasteiger partial charge on any atom is 0.306 e. The monoisotopic (exact) mass is 356 g/mol. The Balaban J connectivity index is 2.03. The van der Waals surface area contributed by atoms with Crippen LogP contribution < -0.4 is 4.74 Å². The summed E-state index contributed by atoms with van der Waals surface area (Å²) in [6, 6.07) is 1.52. The van der Waals surface area contributed by atoms with Crippen LogP contribution in [0.1, 0.15) is 30.6 Å². The molecule has 1 amide bonds. The first-order valence-corrected chi connectivity index (χ1v) is 8.15.